The van der Waals surface area contributed by atoms with Gasteiger partial charge in [-0.05, 0) is 19.1 Å². The molecule has 148 valence electrons. The number of sulfonamides is 1. The van der Waals surface area contributed by atoms with E-state index >= 15 is 0 Å². The van der Waals surface area contributed by atoms with Gasteiger partial charge in [-0.3, -0.25) is 9.59 Å². The van der Waals surface area contributed by atoms with Crippen LogP contribution in [0.2, 0.25) is 0 Å². The molecule has 1 aromatic rings. The molecule has 0 bridgehead atoms. The van der Waals surface area contributed by atoms with Crippen LogP contribution in [0.15, 0.2) is 29.2 Å². The van der Waals surface area contributed by atoms with Crippen LogP contribution in [-0.4, -0.2) is 57.7 Å². The predicted molar refractivity (Wildman–Crippen MR) is 92.8 cm³/mol. The van der Waals surface area contributed by atoms with E-state index < -0.39 is 27.9 Å². The molecule has 1 fully saturated rings. The number of nitrogens with zero attached hydrogens (tertiary/aromatic N) is 1. The van der Waals surface area contributed by atoms with Crippen molar-refractivity contribution in [2.45, 2.75) is 24.7 Å². The van der Waals surface area contributed by atoms with Gasteiger partial charge in [-0.2, -0.15) is 0 Å². The zero-order valence-electron chi connectivity index (χ0n) is 14.8. The Morgan fingerprint density at radius 2 is 1.67 bits per heavy atom. The van der Waals surface area contributed by atoms with Crippen molar-refractivity contribution in [1.29, 1.82) is 0 Å². The zero-order valence-corrected chi connectivity index (χ0v) is 15.6. The van der Waals surface area contributed by atoms with E-state index in [1.54, 1.807) is 12.1 Å². The topological polar surface area (TPSA) is 131 Å². The Labute approximate surface area is 156 Å². The standard InChI is InChI=1S/C16H21N3O7S/c1-12-2-4-13(5-3-12)27(23,24)18-9-11-25-10-8-17-16(22)26-19-14(20)6-7-15(19)21/h2-5,18H,6-11H2,1H3,(H,17,22). The first kappa shape index (κ1) is 20.8. The maximum Gasteiger partial charge on any atom is 0.432 e. The minimum Gasteiger partial charge on any atom is -0.378 e. The quantitative estimate of drug-likeness (QED) is 0.444. The number of carbonyl (C=O) groups excluding carboxylic acids is 3. The molecule has 10 nitrogen and oxygen atoms in total. The van der Waals surface area contributed by atoms with E-state index in [0.29, 0.717) is 5.06 Å². The van der Waals surface area contributed by atoms with Gasteiger partial charge in [0.1, 0.15) is 0 Å². The van der Waals surface area contributed by atoms with E-state index in [-0.39, 0.29) is 44.0 Å². The molecule has 27 heavy (non-hydrogen) atoms. The average Bonchev–Trinajstić information content (AvgIpc) is 2.93. The van der Waals surface area contributed by atoms with E-state index in [4.69, 9.17) is 4.74 Å². The van der Waals surface area contributed by atoms with Gasteiger partial charge in [0.2, 0.25) is 10.0 Å². The summed E-state index contributed by atoms with van der Waals surface area (Å²) >= 11 is 0. The fraction of sp³-hybridized carbons (Fsp3) is 0.438. The first-order valence-corrected chi connectivity index (χ1v) is 9.73. The van der Waals surface area contributed by atoms with E-state index in [2.05, 4.69) is 14.9 Å². The first-order valence-electron chi connectivity index (χ1n) is 8.25. The maximum absolute atomic E-state index is 12.0. The molecule has 1 aliphatic heterocycles. The molecule has 0 radical (unpaired) electrons. The molecule has 2 N–H and O–H groups in total. The lowest BCUT2D eigenvalue weighted by molar-refractivity contribution is -0.171. The van der Waals surface area contributed by atoms with E-state index in [1.807, 2.05) is 6.92 Å². The molecule has 1 heterocycles. The summed E-state index contributed by atoms with van der Waals surface area (Å²) in [6.07, 6.45) is -0.899. The van der Waals surface area contributed by atoms with Gasteiger partial charge in [-0.25, -0.2) is 17.9 Å². The average molecular weight is 399 g/mol. The second-order valence-electron chi connectivity index (χ2n) is 5.71. The minimum absolute atomic E-state index is 0.0215. The molecule has 0 spiro atoms. The molecule has 1 saturated heterocycles. The van der Waals surface area contributed by atoms with Crippen LogP contribution in [0.25, 0.3) is 0 Å². The monoisotopic (exact) mass is 399 g/mol. The number of benzene rings is 1. The van der Waals surface area contributed by atoms with Crippen molar-refractivity contribution in [3.63, 3.8) is 0 Å². The van der Waals surface area contributed by atoms with Crippen molar-refractivity contribution < 1.29 is 32.4 Å². The van der Waals surface area contributed by atoms with Gasteiger partial charge in [-0.15, -0.1) is 5.06 Å². The van der Waals surface area contributed by atoms with Crippen LogP contribution in [0.3, 0.4) is 0 Å². The number of nitrogens with one attached hydrogen (secondary N) is 2. The van der Waals surface area contributed by atoms with Crippen LogP contribution in [0.1, 0.15) is 18.4 Å². The molecule has 0 aliphatic carbocycles. The summed E-state index contributed by atoms with van der Waals surface area (Å²) in [5.41, 5.74) is 0.960. The van der Waals surface area contributed by atoms with Crippen molar-refractivity contribution in [2.24, 2.45) is 0 Å². The second-order valence-corrected chi connectivity index (χ2v) is 7.48. The minimum atomic E-state index is -3.60. The van der Waals surface area contributed by atoms with E-state index in [1.165, 1.54) is 12.1 Å². The molecular weight excluding hydrogens is 378 g/mol. The molecule has 0 aromatic heterocycles. The number of hydrogen-bond acceptors (Lipinski definition) is 7. The van der Waals surface area contributed by atoms with Gasteiger partial charge in [0.15, 0.2) is 0 Å². The Morgan fingerprint density at radius 3 is 2.30 bits per heavy atom. The Hall–Kier alpha value is -2.50. The largest absolute Gasteiger partial charge is 0.432 e. The molecule has 1 aliphatic rings. The van der Waals surface area contributed by atoms with Crippen molar-refractivity contribution in [3.8, 4) is 0 Å². The van der Waals surface area contributed by atoms with E-state index in [0.717, 1.165) is 5.56 Å². The predicted octanol–water partition coefficient (Wildman–Crippen LogP) is 0.0801. The van der Waals surface area contributed by atoms with Crippen LogP contribution < -0.4 is 10.0 Å². The lowest BCUT2D eigenvalue weighted by Gasteiger charge is -2.13. The van der Waals surface area contributed by atoms with Crippen molar-refractivity contribution in [1.82, 2.24) is 15.1 Å². The maximum atomic E-state index is 12.0. The second kappa shape index (κ2) is 9.44. The number of carbonyl (C=O) groups is 3. The fourth-order valence-electron chi connectivity index (χ4n) is 2.15. The van der Waals surface area contributed by atoms with Gasteiger partial charge in [0.05, 0.1) is 18.1 Å². The van der Waals surface area contributed by atoms with Crippen LogP contribution in [0.5, 0.6) is 0 Å². The molecule has 0 unspecified atom stereocenters. The van der Waals surface area contributed by atoms with Crippen molar-refractivity contribution in [2.75, 3.05) is 26.3 Å². The Kier molecular flexibility index (Phi) is 7.28. The molecular formula is C16H21N3O7S. The normalized spacial score (nSPS) is 14.5. The number of hydroxylamine groups is 2. The summed E-state index contributed by atoms with van der Waals surface area (Å²) in [6, 6.07) is 6.45. The van der Waals surface area contributed by atoms with Gasteiger partial charge in [-0.1, -0.05) is 17.7 Å². The van der Waals surface area contributed by atoms with Gasteiger partial charge in [0.25, 0.3) is 11.8 Å². The highest BCUT2D eigenvalue weighted by Crippen LogP contribution is 2.12. The smallest absolute Gasteiger partial charge is 0.378 e. The first-order chi connectivity index (χ1) is 12.8. The number of amides is 3. The molecule has 0 atom stereocenters. The van der Waals surface area contributed by atoms with Crippen molar-refractivity contribution in [3.05, 3.63) is 29.8 Å². The molecule has 3 amide bonds. The Balaban J connectivity index is 1.58. The summed E-state index contributed by atoms with van der Waals surface area (Å²) in [5, 5.41) is 2.76. The van der Waals surface area contributed by atoms with Gasteiger partial charge < -0.3 is 14.9 Å². The Morgan fingerprint density at radius 1 is 1.07 bits per heavy atom. The zero-order chi connectivity index (χ0) is 19.9. The number of ether oxygens (including phenoxy) is 1. The highest BCUT2D eigenvalue weighted by atomic mass is 32.2. The highest BCUT2D eigenvalue weighted by Gasteiger charge is 2.32. The third-order valence-electron chi connectivity index (χ3n) is 3.57. The third-order valence-corrected chi connectivity index (χ3v) is 5.04. The summed E-state index contributed by atoms with van der Waals surface area (Å²) in [6.45, 7) is 2.20. The highest BCUT2D eigenvalue weighted by molar-refractivity contribution is 7.89. The molecule has 2 rings (SSSR count). The lowest BCUT2D eigenvalue weighted by Crippen LogP contribution is -2.38. The Bertz CT molecular complexity index is 777. The lowest BCUT2D eigenvalue weighted by atomic mass is 10.2. The summed E-state index contributed by atoms with van der Waals surface area (Å²) < 4.78 is 31.7. The summed E-state index contributed by atoms with van der Waals surface area (Å²) in [7, 11) is -3.60. The van der Waals surface area contributed by atoms with Crippen LogP contribution in [0, 0.1) is 6.92 Å². The van der Waals surface area contributed by atoms with E-state index in [9.17, 15) is 22.8 Å². The number of rotatable bonds is 9. The molecule has 11 heteroatoms. The molecule has 1 aromatic carbocycles. The number of aryl methyl sites for hydroxylation is 1. The van der Waals surface area contributed by atoms with Crippen LogP contribution in [0.4, 0.5) is 4.79 Å². The van der Waals surface area contributed by atoms with Gasteiger partial charge >= 0.3 is 6.09 Å². The third kappa shape index (κ3) is 6.31. The van der Waals surface area contributed by atoms with Crippen LogP contribution >= 0.6 is 0 Å². The summed E-state index contributed by atoms with van der Waals surface area (Å²) in [5.74, 6) is -1.13. The summed E-state index contributed by atoms with van der Waals surface area (Å²) in [4.78, 5) is 38.8. The SMILES string of the molecule is Cc1ccc(S(=O)(=O)NCCOCCNC(=O)ON2C(=O)CCC2=O)cc1. The number of imide groups is 1. The number of hydrogen-bond donors (Lipinski definition) is 2. The van der Waals surface area contributed by atoms with Crippen LogP contribution in [-0.2, 0) is 29.2 Å². The fourth-order valence-corrected chi connectivity index (χ4v) is 3.16. The molecule has 0 saturated carbocycles. The van der Waals surface area contributed by atoms with Gasteiger partial charge in [0, 0.05) is 25.9 Å². The van der Waals surface area contributed by atoms with Crippen molar-refractivity contribution >= 4 is 27.9 Å².